The second-order valence-electron chi connectivity index (χ2n) is 8.08. The van der Waals surface area contributed by atoms with Gasteiger partial charge in [-0.3, -0.25) is 4.79 Å². The lowest BCUT2D eigenvalue weighted by molar-refractivity contribution is -0.126. The lowest BCUT2D eigenvalue weighted by Gasteiger charge is -2.41. The van der Waals surface area contributed by atoms with Crippen molar-refractivity contribution in [3.63, 3.8) is 0 Å². The lowest BCUT2D eigenvalue weighted by atomic mass is 9.93. The average Bonchev–Trinajstić information content (AvgIpc) is 2.69. The summed E-state index contributed by atoms with van der Waals surface area (Å²) in [5.74, 6) is -0.136. The number of carbonyl (C=O) groups excluding carboxylic acids is 1. The molecule has 1 aromatic carbocycles. The van der Waals surface area contributed by atoms with Crippen LogP contribution in [0.25, 0.3) is 0 Å². The summed E-state index contributed by atoms with van der Waals surface area (Å²) in [5.41, 5.74) is 7.32. The maximum Gasteiger partial charge on any atom is 0.224 e. The summed E-state index contributed by atoms with van der Waals surface area (Å²) in [5, 5.41) is 3.25. The van der Waals surface area contributed by atoms with Crippen molar-refractivity contribution in [1.82, 2.24) is 15.1 Å². The Morgan fingerprint density at radius 1 is 1.04 bits per heavy atom. The first kappa shape index (κ1) is 25.2. The van der Waals surface area contributed by atoms with E-state index < -0.39 is 0 Å². The molecule has 28 heavy (non-hydrogen) atoms. The Morgan fingerprint density at radius 2 is 1.61 bits per heavy atom. The predicted molar refractivity (Wildman–Crippen MR) is 120 cm³/mol. The van der Waals surface area contributed by atoms with E-state index in [2.05, 4.69) is 22.2 Å². The van der Waals surface area contributed by atoms with Crippen molar-refractivity contribution < 1.29 is 4.79 Å². The minimum Gasteiger partial charge on any atom is -0.353 e. The highest BCUT2D eigenvalue weighted by molar-refractivity contribution is 5.85. The van der Waals surface area contributed by atoms with Gasteiger partial charge in [0.2, 0.25) is 5.91 Å². The molecule has 7 heteroatoms. The van der Waals surface area contributed by atoms with Crippen molar-refractivity contribution in [2.24, 2.45) is 11.7 Å². The number of amides is 1. The van der Waals surface area contributed by atoms with Crippen LogP contribution in [0.1, 0.15) is 44.2 Å². The molecule has 2 atom stereocenters. The molecule has 0 aromatic heterocycles. The molecule has 2 fully saturated rings. The second-order valence-corrected chi connectivity index (χ2v) is 8.08. The van der Waals surface area contributed by atoms with Crippen LogP contribution in [0.2, 0.25) is 0 Å². The number of rotatable bonds is 5. The van der Waals surface area contributed by atoms with Crippen LogP contribution in [0.15, 0.2) is 30.3 Å². The van der Waals surface area contributed by atoms with Gasteiger partial charge in [0, 0.05) is 31.2 Å². The molecule has 3 N–H and O–H groups in total. The molecule has 2 saturated heterocycles. The summed E-state index contributed by atoms with van der Waals surface area (Å²) in [6.45, 7) is 6.53. The number of nitrogens with one attached hydrogen (secondary N) is 1. The molecule has 160 valence electrons. The van der Waals surface area contributed by atoms with Gasteiger partial charge < -0.3 is 20.9 Å². The van der Waals surface area contributed by atoms with Crippen LogP contribution in [0.5, 0.6) is 0 Å². The van der Waals surface area contributed by atoms with Crippen LogP contribution >= 0.6 is 24.8 Å². The standard InChI is InChI=1S/C21H34N4O.2ClH/c1-16(20(22)17-6-4-3-5-7-17)21(26)23-18-8-14-25(15-9-18)19-10-12-24(2)13-11-19;;/h3-7,16,18-20H,8-15,22H2,1-2H3,(H,23,26);2*1H. The fourth-order valence-electron chi connectivity index (χ4n) is 4.23. The monoisotopic (exact) mass is 430 g/mol. The number of hydrogen-bond acceptors (Lipinski definition) is 4. The van der Waals surface area contributed by atoms with Crippen molar-refractivity contribution in [1.29, 1.82) is 0 Å². The number of nitrogens with zero attached hydrogens (tertiary/aromatic N) is 2. The molecule has 1 amide bonds. The van der Waals surface area contributed by atoms with Gasteiger partial charge in [0.1, 0.15) is 0 Å². The summed E-state index contributed by atoms with van der Waals surface area (Å²) in [4.78, 5) is 17.7. The smallest absolute Gasteiger partial charge is 0.224 e. The van der Waals surface area contributed by atoms with Crippen LogP contribution in [0.3, 0.4) is 0 Å². The lowest BCUT2D eigenvalue weighted by Crippen LogP contribution is -2.51. The first-order valence-corrected chi connectivity index (χ1v) is 10.1. The van der Waals surface area contributed by atoms with E-state index in [0.717, 1.165) is 37.5 Å². The summed E-state index contributed by atoms with van der Waals surface area (Å²) in [6, 6.07) is 10.7. The van der Waals surface area contributed by atoms with Crippen LogP contribution in [-0.2, 0) is 4.79 Å². The number of halogens is 2. The van der Waals surface area contributed by atoms with E-state index in [1.165, 1.54) is 25.9 Å². The van der Waals surface area contributed by atoms with Gasteiger partial charge in [-0.1, -0.05) is 37.3 Å². The minimum atomic E-state index is -0.254. The zero-order valence-corrected chi connectivity index (χ0v) is 18.7. The first-order chi connectivity index (χ1) is 12.5. The third-order valence-electron chi connectivity index (χ3n) is 6.22. The molecule has 3 rings (SSSR count). The van der Waals surface area contributed by atoms with E-state index in [1.807, 2.05) is 37.3 Å². The molecule has 2 unspecified atom stereocenters. The number of likely N-dealkylation sites (tertiary alicyclic amines) is 2. The fourth-order valence-corrected chi connectivity index (χ4v) is 4.23. The van der Waals surface area contributed by atoms with Crippen LogP contribution in [0.4, 0.5) is 0 Å². The highest BCUT2D eigenvalue weighted by Gasteiger charge is 2.29. The summed E-state index contributed by atoms with van der Waals surface area (Å²) in [6.07, 6.45) is 4.64. The molecule has 5 nitrogen and oxygen atoms in total. The van der Waals surface area contributed by atoms with Gasteiger partial charge in [-0.05, 0) is 51.4 Å². The van der Waals surface area contributed by atoms with Crippen LogP contribution in [-0.4, -0.2) is 61.0 Å². The largest absolute Gasteiger partial charge is 0.353 e. The molecular formula is C21H36Cl2N4O. The highest BCUT2D eigenvalue weighted by atomic mass is 35.5. The third-order valence-corrected chi connectivity index (χ3v) is 6.22. The molecule has 2 aliphatic heterocycles. The predicted octanol–water partition coefficient (Wildman–Crippen LogP) is 2.84. The normalized spacial score (nSPS) is 21.8. The Kier molecular flexibility index (Phi) is 10.8. The van der Waals surface area contributed by atoms with E-state index >= 15 is 0 Å². The molecule has 0 saturated carbocycles. The second kappa shape index (κ2) is 12.0. The van der Waals surface area contributed by atoms with E-state index in [0.29, 0.717) is 0 Å². The van der Waals surface area contributed by atoms with Gasteiger partial charge in [0.05, 0.1) is 5.92 Å². The summed E-state index contributed by atoms with van der Waals surface area (Å²) < 4.78 is 0. The maximum absolute atomic E-state index is 12.6. The van der Waals surface area contributed by atoms with Gasteiger partial charge in [-0.25, -0.2) is 0 Å². The fraction of sp³-hybridized carbons (Fsp3) is 0.667. The number of piperidine rings is 2. The van der Waals surface area contributed by atoms with Gasteiger partial charge in [-0.2, -0.15) is 0 Å². The van der Waals surface area contributed by atoms with E-state index in [-0.39, 0.29) is 48.7 Å². The van der Waals surface area contributed by atoms with Gasteiger partial charge in [-0.15, -0.1) is 24.8 Å². The summed E-state index contributed by atoms with van der Waals surface area (Å²) >= 11 is 0. The van der Waals surface area contributed by atoms with E-state index in [4.69, 9.17) is 5.73 Å². The van der Waals surface area contributed by atoms with Crippen LogP contribution < -0.4 is 11.1 Å². The molecule has 0 spiro atoms. The highest BCUT2D eigenvalue weighted by Crippen LogP contribution is 2.22. The average molecular weight is 431 g/mol. The maximum atomic E-state index is 12.6. The molecular weight excluding hydrogens is 395 g/mol. The Balaban J connectivity index is 0.00000196. The molecule has 1 aromatic rings. The zero-order chi connectivity index (χ0) is 18.5. The Morgan fingerprint density at radius 3 is 2.18 bits per heavy atom. The molecule has 0 aliphatic carbocycles. The van der Waals surface area contributed by atoms with Crippen molar-refractivity contribution in [3.05, 3.63) is 35.9 Å². The Bertz CT molecular complexity index is 573. The number of nitrogens with two attached hydrogens (primary N) is 1. The van der Waals surface area contributed by atoms with Crippen LogP contribution in [0, 0.1) is 5.92 Å². The van der Waals surface area contributed by atoms with Crippen molar-refractivity contribution in [2.75, 3.05) is 33.2 Å². The molecule has 2 aliphatic rings. The van der Waals surface area contributed by atoms with Crippen molar-refractivity contribution in [3.8, 4) is 0 Å². The molecule has 0 radical (unpaired) electrons. The molecule has 0 bridgehead atoms. The first-order valence-electron chi connectivity index (χ1n) is 10.1. The SMILES string of the molecule is CC(C(=O)NC1CCN(C2CCN(C)CC2)CC1)C(N)c1ccccc1.Cl.Cl. The van der Waals surface area contributed by atoms with E-state index in [1.54, 1.807) is 0 Å². The van der Waals surface area contributed by atoms with Crippen molar-refractivity contribution in [2.45, 2.75) is 50.7 Å². The van der Waals surface area contributed by atoms with Gasteiger partial charge in [0.15, 0.2) is 0 Å². The number of hydrogen-bond donors (Lipinski definition) is 2. The molecule has 2 heterocycles. The Hall–Kier alpha value is -0.850. The topological polar surface area (TPSA) is 61.6 Å². The Labute approximate surface area is 182 Å². The van der Waals surface area contributed by atoms with Gasteiger partial charge >= 0.3 is 0 Å². The minimum absolute atomic E-state index is 0. The van der Waals surface area contributed by atoms with Gasteiger partial charge in [0.25, 0.3) is 0 Å². The third kappa shape index (κ3) is 6.60. The zero-order valence-electron chi connectivity index (χ0n) is 17.0. The van der Waals surface area contributed by atoms with E-state index in [9.17, 15) is 4.79 Å². The number of benzene rings is 1. The van der Waals surface area contributed by atoms with Crippen molar-refractivity contribution >= 4 is 30.7 Å². The quantitative estimate of drug-likeness (QED) is 0.753. The summed E-state index contributed by atoms with van der Waals surface area (Å²) in [7, 11) is 2.21. The number of carbonyl (C=O) groups is 1.